The molecule has 1 saturated heterocycles. The Morgan fingerprint density at radius 3 is 2.79 bits per heavy atom. The Morgan fingerprint density at radius 2 is 2.04 bits per heavy atom. The molecule has 1 N–H and O–H groups in total. The first kappa shape index (κ1) is 17.7. The standard InChI is InChI=1S/C20H31NO3/c1-15-7-8-16(13-20(15)23-2)10-12-24-19-6-4-3-5-18(19)21-11-9-17(22)14-21/h7-8,13,17-19,22H,3-6,9-12,14H2,1-2H3/t17-,18-,19-/m0/s1. The van der Waals surface area contributed by atoms with Crippen LogP contribution >= 0.6 is 0 Å². The van der Waals surface area contributed by atoms with E-state index in [9.17, 15) is 5.11 Å². The Bertz CT molecular complexity index is 534. The van der Waals surface area contributed by atoms with Gasteiger partial charge in [0.05, 0.1) is 25.9 Å². The summed E-state index contributed by atoms with van der Waals surface area (Å²) in [5, 5.41) is 9.82. The number of rotatable bonds is 6. The zero-order valence-electron chi connectivity index (χ0n) is 15.0. The number of aliphatic hydroxyl groups excluding tert-OH is 1. The molecule has 2 fully saturated rings. The molecule has 0 radical (unpaired) electrons. The normalized spacial score (nSPS) is 28.2. The molecular formula is C20H31NO3. The van der Waals surface area contributed by atoms with Gasteiger partial charge in [-0.15, -0.1) is 0 Å². The van der Waals surface area contributed by atoms with E-state index in [1.165, 1.54) is 30.4 Å². The molecule has 3 rings (SSSR count). The molecule has 1 aromatic carbocycles. The fraction of sp³-hybridized carbons (Fsp3) is 0.700. The summed E-state index contributed by atoms with van der Waals surface area (Å²) in [5.74, 6) is 0.953. The molecule has 0 amide bonds. The second-order valence-corrected chi connectivity index (χ2v) is 7.25. The van der Waals surface area contributed by atoms with Crippen LogP contribution in [0.1, 0.15) is 43.2 Å². The van der Waals surface area contributed by atoms with E-state index in [1.54, 1.807) is 7.11 Å². The van der Waals surface area contributed by atoms with E-state index >= 15 is 0 Å². The third-order valence-corrected chi connectivity index (χ3v) is 5.53. The molecule has 0 unspecified atom stereocenters. The summed E-state index contributed by atoms with van der Waals surface area (Å²) in [6.07, 6.45) is 6.89. The van der Waals surface area contributed by atoms with Crippen molar-refractivity contribution in [3.05, 3.63) is 29.3 Å². The predicted molar refractivity (Wildman–Crippen MR) is 95.6 cm³/mol. The molecule has 1 aromatic rings. The molecule has 0 spiro atoms. The summed E-state index contributed by atoms with van der Waals surface area (Å²) in [6.45, 7) is 4.65. The van der Waals surface area contributed by atoms with Gasteiger partial charge in [0, 0.05) is 19.1 Å². The number of aryl methyl sites for hydroxylation is 1. The summed E-state index contributed by atoms with van der Waals surface area (Å²) < 4.78 is 11.7. The minimum Gasteiger partial charge on any atom is -0.496 e. The van der Waals surface area contributed by atoms with E-state index in [0.717, 1.165) is 44.7 Å². The van der Waals surface area contributed by atoms with Crippen molar-refractivity contribution in [1.82, 2.24) is 4.90 Å². The van der Waals surface area contributed by atoms with Gasteiger partial charge >= 0.3 is 0 Å². The average Bonchev–Trinajstić information content (AvgIpc) is 3.03. The SMILES string of the molecule is COc1cc(CCO[C@H]2CCCC[C@@H]2N2CC[C@H](O)C2)ccc1C. The third-order valence-electron chi connectivity index (χ3n) is 5.53. The van der Waals surface area contributed by atoms with E-state index < -0.39 is 0 Å². The third kappa shape index (κ3) is 4.29. The molecule has 3 atom stereocenters. The van der Waals surface area contributed by atoms with E-state index in [2.05, 4.69) is 30.0 Å². The second-order valence-electron chi connectivity index (χ2n) is 7.25. The van der Waals surface area contributed by atoms with Crippen LogP contribution in [0.15, 0.2) is 18.2 Å². The average molecular weight is 333 g/mol. The minimum absolute atomic E-state index is 0.146. The second kappa shape index (κ2) is 8.32. The van der Waals surface area contributed by atoms with Gasteiger partial charge in [0.1, 0.15) is 5.75 Å². The van der Waals surface area contributed by atoms with E-state index in [0.29, 0.717) is 12.1 Å². The molecule has 1 aliphatic heterocycles. The quantitative estimate of drug-likeness (QED) is 0.869. The van der Waals surface area contributed by atoms with Crippen LogP contribution in [0.3, 0.4) is 0 Å². The molecule has 4 nitrogen and oxygen atoms in total. The molecule has 134 valence electrons. The maximum absolute atomic E-state index is 9.82. The number of aliphatic hydroxyl groups is 1. The van der Waals surface area contributed by atoms with Gasteiger partial charge in [0.25, 0.3) is 0 Å². The van der Waals surface area contributed by atoms with Crippen LogP contribution in [0.5, 0.6) is 5.75 Å². The highest BCUT2D eigenvalue weighted by Gasteiger charge is 2.34. The van der Waals surface area contributed by atoms with Crippen molar-refractivity contribution in [3.8, 4) is 5.75 Å². The van der Waals surface area contributed by atoms with Gasteiger partial charge in [-0.1, -0.05) is 25.0 Å². The van der Waals surface area contributed by atoms with Gasteiger partial charge < -0.3 is 14.6 Å². The van der Waals surface area contributed by atoms with E-state index in [4.69, 9.17) is 9.47 Å². The van der Waals surface area contributed by atoms with Gasteiger partial charge in [0.2, 0.25) is 0 Å². The van der Waals surface area contributed by atoms with Gasteiger partial charge in [0.15, 0.2) is 0 Å². The molecule has 24 heavy (non-hydrogen) atoms. The number of hydrogen-bond donors (Lipinski definition) is 1. The summed E-state index contributed by atoms with van der Waals surface area (Å²) in [6, 6.07) is 6.89. The Hall–Kier alpha value is -1.10. The van der Waals surface area contributed by atoms with E-state index in [-0.39, 0.29) is 6.10 Å². The number of ether oxygens (including phenoxy) is 2. The fourth-order valence-electron chi connectivity index (χ4n) is 4.11. The van der Waals surface area contributed by atoms with Crippen LogP contribution in [0.2, 0.25) is 0 Å². The molecule has 2 aliphatic rings. The number of benzene rings is 1. The van der Waals surface area contributed by atoms with Crippen molar-refractivity contribution >= 4 is 0 Å². The van der Waals surface area contributed by atoms with Crippen LogP contribution < -0.4 is 4.74 Å². The molecule has 4 heteroatoms. The Balaban J connectivity index is 1.52. The van der Waals surface area contributed by atoms with Gasteiger partial charge in [-0.3, -0.25) is 4.90 Å². The van der Waals surface area contributed by atoms with Crippen molar-refractivity contribution in [2.75, 3.05) is 26.8 Å². The number of likely N-dealkylation sites (tertiary alicyclic amines) is 1. The van der Waals surface area contributed by atoms with Crippen LogP contribution in [0, 0.1) is 6.92 Å². The Morgan fingerprint density at radius 1 is 1.21 bits per heavy atom. The number of β-amino-alcohol motifs (C(OH)–C–C–N with tert-alkyl or cyclic N) is 1. The highest BCUT2D eigenvalue weighted by atomic mass is 16.5. The lowest BCUT2D eigenvalue weighted by Crippen LogP contribution is -2.46. The first-order valence-electron chi connectivity index (χ1n) is 9.34. The van der Waals surface area contributed by atoms with Gasteiger partial charge in [-0.25, -0.2) is 0 Å². The number of hydrogen-bond acceptors (Lipinski definition) is 4. The first-order chi connectivity index (χ1) is 11.7. The zero-order chi connectivity index (χ0) is 16.9. The topological polar surface area (TPSA) is 41.9 Å². The lowest BCUT2D eigenvalue weighted by atomic mass is 9.91. The van der Waals surface area contributed by atoms with E-state index in [1.807, 2.05) is 0 Å². The molecule has 1 heterocycles. The zero-order valence-corrected chi connectivity index (χ0v) is 15.0. The van der Waals surface area contributed by atoms with Crippen molar-refractivity contribution in [2.45, 2.75) is 63.7 Å². The summed E-state index contributed by atoms with van der Waals surface area (Å²) in [4.78, 5) is 2.45. The molecule has 0 bridgehead atoms. The predicted octanol–water partition coefficient (Wildman–Crippen LogP) is 2.94. The lowest BCUT2D eigenvalue weighted by molar-refractivity contribution is -0.0316. The van der Waals surface area contributed by atoms with Crippen LogP contribution in [0.4, 0.5) is 0 Å². The Labute approximate surface area is 145 Å². The Kier molecular flexibility index (Phi) is 6.14. The largest absolute Gasteiger partial charge is 0.496 e. The van der Waals surface area contributed by atoms with Crippen LogP contribution in [-0.2, 0) is 11.2 Å². The number of nitrogens with zero attached hydrogens (tertiary/aromatic N) is 1. The van der Waals surface area contributed by atoms with Crippen molar-refractivity contribution in [3.63, 3.8) is 0 Å². The van der Waals surface area contributed by atoms with Crippen molar-refractivity contribution in [1.29, 1.82) is 0 Å². The minimum atomic E-state index is -0.146. The molecular weight excluding hydrogens is 302 g/mol. The highest BCUT2D eigenvalue weighted by molar-refractivity contribution is 5.36. The highest BCUT2D eigenvalue weighted by Crippen LogP contribution is 2.28. The number of methoxy groups -OCH3 is 1. The van der Waals surface area contributed by atoms with Gasteiger partial charge in [-0.05, 0) is 49.8 Å². The first-order valence-corrected chi connectivity index (χ1v) is 9.34. The molecule has 0 aromatic heterocycles. The maximum atomic E-state index is 9.82. The lowest BCUT2D eigenvalue weighted by Gasteiger charge is -2.37. The van der Waals surface area contributed by atoms with Crippen LogP contribution in [-0.4, -0.2) is 55.1 Å². The fourth-order valence-corrected chi connectivity index (χ4v) is 4.11. The smallest absolute Gasteiger partial charge is 0.122 e. The summed E-state index contributed by atoms with van der Waals surface area (Å²) in [7, 11) is 1.72. The van der Waals surface area contributed by atoms with Crippen molar-refractivity contribution < 1.29 is 14.6 Å². The summed E-state index contributed by atoms with van der Waals surface area (Å²) >= 11 is 0. The summed E-state index contributed by atoms with van der Waals surface area (Å²) in [5.41, 5.74) is 2.43. The molecule has 1 saturated carbocycles. The van der Waals surface area contributed by atoms with Crippen molar-refractivity contribution in [2.24, 2.45) is 0 Å². The monoisotopic (exact) mass is 333 g/mol. The van der Waals surface area contributed by atoms with Gasteiger partial charge in [-0.2, -0.15) is 0 Å². The maximum Gasteiger partial charge on any atom is 0.122 e. The van der Waals surface area contributed by atoms with Crippen LogP contribution in [0.25, 0.3) is 0 Å². The molecule has 1 aliphatic carbocycles.